The summed E-state index contributed by atoms with van der Waals surface area (Å²) in [5.41, 5.74) is 2.49. The van der Waals surface area contributed by atoms with E-state index in [1.165, 1.54) is 4.90 Å². The number of amides is 2. The van der Waals surface area contributed by atoms with E-state index in [1.807, 2.05) is 48.5 Å². The van der Waals surface area contributed by atoms with Crippen LogP contribution in [-0.4, -0.2) is 64.4 Å². The minimum absolute atomic E-state index is 0.0462. The van der Waals surface area contributed by atoms with Gasteiger partial charge in [-0.3, -0.25) is 4.79 Å². The van der Waals surface area contributed by atoms with E-state index in [2.05, 4.69) is 5.32 Å². The fourth-order valence-corrected chi connectivity index (χ4v) is 4.50. The van der Waals surface area contributed by atoms with Crippen molar-refractivity contribution in [3.8, 4) is 11.1 Å². The summed E-state index contributed by atoms with van der Waals surface area (Å²) in [5.74, 6) is -1.88. The normalized spacial score (nSPS) is 20.4. The molecule has 32 heavy (non-hydrogen) atoms. The van der Waals surface area contributed by atoms with E-state index in [-0.39, 0.29) is 32.0 Å². The lowest BCUT2D eigenvalue weighted by atomic mass is 9.98. The Balaban J connectivity index is 1.38. The van der Waals surface area contributed by atoms with Crippen molar-refractivity contribution in [2.75, 3.05) is 19.7 Å². The van der Waals surface area contributed by atoms with Crippen LogP contribution in [0.4, 0.5) is 4.79 Å². The molecule has 8 nitrogen and oxygen atoms in total. The van der Waals surface area contributed by atoms with Crippen LogP contribution in [0, 0.1) is 0 Å². The number of rotatable bonds is 6. The van der Waals surface area contributed by atoms with Gasteiger partial charge < -0.3 is 25.2 Å². The summed E-state index contributed by atoms with van der Waals surface area (Å²) in [7, 11) is 0. The van der Waals surface area contributed by atoms with E-state index in [1.54, 1.807) is 6.92 Å². The Kier molecular flexibility index (Phi) is 5.88. The Labute approximate surface area is 185 Å². The molecule has 0 radical (unpaired) electrons. The third-order valence-electron chi connectivity index (χ3n) is 6.30. The number of carboxylic acids is 1. The van der Waals surface area contributed by atoms with E-state index in [9.17, 15) is 19.5 Å². The number of β-amino-alcohol motifs (C(OH)–C–C–N with tert-alkyl or cyclic N) is 1. The summed E-state index contributed by atoms with van der Waals surface area (Å²) in [5, 5.41) is 21.8. The van der Waals surface area contributed by atoms with Crippen molar-refractivity contribution in [2.24, 2.45) is 0 Å². The summed E-state index contributed by atoms with van der Waals surface area (Å²) >= 11 is 0. The molecule has 2 atom stereocenters. The molecule has 1 fully saturated rings. The number of benzene rings is 2. The largest absolute Gasteiger partial charge is 0.479 e. The SMILES string of the molecule is CCC(NC(=O)OCC1c2ccccc2-c2ccccc21)C(=O)N1CCC(O)(C(=O)O)C1. The second-order valence-electron chi connectivity index (χ2n) is 8.28. The molecule has 2 aliphatic rings. The molecule has 168 valence electrons. The van der Waals surface area contributed by atoms with Crippen molar-refractivity contribution in [1.82, 2.24) is 10.2 Å². The van der Waals surface area contributed by atoms with Crippen LogP contribution in [0.2, 0.25) is 0 Å². The van der Waals surface area contributed by atoms with Gasteiger partial charge in [0.05, 0.1) is 6.54 Å². The summed E-state index contributed by atoms with van der Waals surface area (Å²) in [6.45, 7) is 1.69. The van der Waals surface area contributed by atoms with E-state index in [4.69, 9.17) is 9.84 Å². The van der Waals surface area contributed by atoms with Gasteiger partial charge in [0, 0.05) is 18.9 Å². The summed E-state index contributed by atoms with van der Waals surface area (Å²) in [6, 6.07) is 15.2. The lowest BCUT2D eigenvalue weighted by Crippen LogP contribution is -2.50. The van der Waals surface area contributed by atoms with Gasteiger partial charge in [-0.2, -0.15) is 0 Å². The van der Waals surface area contributed by atoms with Gasteiger partial charge in [0.1, 0.15) is 12.6 Å². The standard InChI is InChI=1S/C24H26N2O6/c1-2-20(21(27)26-12-11-24(31,14-26)22(28)29)25-23(30)32-13-19-17-9-5-3-7-15(17)16-8-4-6-10-18(16)19/h3-10,19-20,31H,2,11-14H2,1H3,(H,25,30)(H,28,29). The Bertz CT molecular complexity index is 1010. The Morgan fingerprint density at radius 2 is 1.72 bits per heavy atom. The number of nitrogens with one attached hydrogen (secondary N) is 1. The smallest absolute Gasteiger partial charge is 0.407 e. The number of aliphatic carboxylic acids is 1. The van der Waals surface area contributed by atoms with E-state index < -0.39 is 29.6 Å². The highest BCUT2D eigenvalue weighted by Gasteiger charge is 2.45. The molecule has 4 rings (SSSR count). The molecule has 2 aromatic rings. The average molecular weight is 438 g/mol. The monoisotopic (exact) mass is 438 g/mol. The molecule has 0 bridgehead atoms. The summed E-state index contributed by atoms with van der Waals surface area (Å²) in [4.78, 5) is 37.7. The predicted molar refractivity (Wildman–Crippen MR) is 116 cm³/mol. The van der Waals surface area contributed by atoms with E-state index in [0.717, 1.165) is 22.3 Å². The molecule has 1 aliphatic heterocycles. The number of nitrogens with zero attached hydrogens (tertiary/aromatic N) is 1. The van der Waals surface area contributed by atoms with Crippen molar-refractivity contribution in [1.29, 1.82) is 0 Å². The zero-order chi connectivity index (χ0) is 22.9. The van der Waals surface area contributed by atoms with Crippen LogP contribution in [0.25, 0.3) is 11.1 Å². The van der Waals surface area contributed by atoms with Crippen molar-refractivity contribution in [3.05, 3.63) is 59.7 Å². The molecule has 1 heterocycles. The quantitative estimate of drug-likeness (QED) is 0.638. The molecule has 8 heteroatoms. The highest BCUT2D eigenvalue weighted by molar-refractivity contribution is 5.87. The minimum atomic E-state index is -1.95. The maximum atomic E-state index is 12.8. The molecule has 0 saturated carbocycles. The first-order valence-electron chi connectivity index (χ1n) is 10.7. The predicted octanol–water partition coefficient (Wildman–Crippen LogP) is 2.35. The van der Waals surface area contributed by atoms with Gasteiger partial charge in [-0.15, -0.1) is 0 Å². The Hall–Kier alpha value is -3.39. The van der Waals surface area contributed by atoms with Gasteiger partial charge in [0.2, 0.25) is 5.91 Å². The molecule has 0 spiro atoms. The Morgan fingerprint density at radius 3 is 2.25 bits per heavy atom. The summed E-state index contributed by atoms with van der Waals surface area (Å²) in [6.07, 6.45) is -0.444. The Morgan fingerprint density at radius 1 is 1.12 bits per heavy atom. The molecular weight excluding hydrogens is 412 g/mol. The van der Waals surface area contributed by atoms with E-state index >= 15 is 0 Å². The number of ether oxygens (including phenoxy) is 1. The van der Waals surface area contributed by atoms with Gasteiger partial charge in [-0.25, -0.2) is 9.59 Å². The van der Waals surface area contributed by atoms with Gasteiger partial charge in [0.25, 0.3) is 0 Å². The maximum absolute atomic E-state index is 12.8. The number of alkyl carbamates (subject to hydrolysis) is 1. The van der Waals surface area contributed by atoms with Crippen LogP contribution in [0.15, 0.2) is 48.5 Å². The highest BCUT2D eigenvalue weighted by Crippen LogP contribution is 2.44. The van der Waals surface area contributed by atoms with E-state index in [0.29, 0.717) is 6.42 Å². The highest BCUT2D eigenvalue weighted by atomic mass is 16.5. The zero-order valence-electron chi connectivity index (χ0n) is 17.8. The van der Waals surface area contributed by atoms with Gasteiger partial charge in [-0.05, 0) is 28.7 Å². The third kappa shape index (κ3) is 3.93. The lowest BCUT2D eigenvalue weighted by molar-refractivity contribution is -0.157. The third-order valence-corrected chi connectivity index (χ3v) is 6.30. The number of hydrogen-bond acceptors (Lipinski definition) is 5. The topological polar surface area (TPSA) is 116 Å². The molecular formula is C24H26N2O6. The second-order valence-corrected chi connectivity index (χ2v) is 8.28. The van der Waals surface area contributed by atoms with Crippen LogP contribution < -0.4 is 5.32 Å². The number of likely N-dealkylation sites (tertiary alicyclic amines) is 1. The maximum Gasteiger partial charge on any atom is 0.407 e. The lowest BCUT2D eigenvalue weighted by Gasteiger charge is -2.24. The molecule has 1 aliphatic carbocycles. The number of carbonyl (C=O) groups excluding carboxylic acids is 2. The fraction of sp³-hybridized carbons (Fsp3) is 0.375. The fourth-order valence-electron chi connectivity index (χ4n) is 4.50. The molecule has 2 unspecified atom stereocenters. The van der Waals surface area contributed by atoms with Crippen molar-refractivity contribution in [2.45, 2.75) is 37.3 Å². The van der Waals surface area contributed by atoms with Crippen molar-refractivity contribution >= 4 is 18.0 Å². The first kappa shape index (κ1) is 21.8. The minimum Gasteiger partial charge on any atom is -0.479 e. The van der Waals surface area contributed by atoms with Crippen molar-refractivity contribution in [3.63, 3.8) is 0 Å². The van der Waals surface area contributed by atoms with Crippen LogP contribution in [-0.2, 0) is 14.3 Å². The summed E-state index contributed by atoms with van der Waals surface area (Å²) < 4.78 is 5.50. The van der Waals surface area contributed by atoms with Gasteiger partial charge in [0.15, 0.2) is 5.60 Å². The van der Waals surface area contributed by atoms with Crippen molar-refractivity contribution < 1.29 is 29.3 Å². The average Bonchev–Trinajstić information content (AvgIpc) is 3.35. The zero-order valence-corrected chi connectivity index (χ0v) is 17.8. The molecule has 2 amide bonds. The van der Waals surface area contributed by atoms with Crippen LogP contribution in [0.5, 0.6) is 0 Å². The van der Waals surface area contributed by atoms with Gasteiger partial charge in [-0.1, -0.05) is 55.5 Å². The molecule has 1 saturated heterocycles. The number of carbonyl (C=O) groups is 3. The number of carboxylic acid groups (broad SMARTS) is 1. The second kappa shape index (κ2) is 8.63. The molecule has 3 N–H and O–H groups in total. The first-order chi connectivity index (χ1) is 15.3. The van der Waals surface area contributed by atoms with Crippen LogP contribution in [0.1, 0.15) is 36.8 Å². The molecule has 2 aromatic carbocycles. The number of fused-ring (bicyclic) bond motifs is 3. The number of aliphatic hydroxyl groups is 1. The van der Waals surface area contributed by atoms with Crippen LogP contribution in [0.3, 0.4) is 0 Å². The van der Waals surface area contributed by atoms with Crippen LogP contribution >= 0.6 is 0 Å². The molecule has 0 aromatic heterocycles. The number of hydrogen-bond donors (Lipinski definition) is 3. The van der Waals surface area contributed by atoms with Gasteiger partial charge >= 0.3 is 12.1 Å². The first-order valence-corrected chi connectivity index (χ1v) is 10.7.